The predicted molar refractivity (Wildman–Crippen MR) is 102 cm³/mol. The minimum absolute atomic E-state index is 0. The molecule has 0 spiro atoms. The van der Waals surface area contributed by atoms with E-state index in [1.54, 1.807) is 0 Å². The third-order valence-electron chi connectivity index (χ3n) is 3.26. The SMILES string of the molecule is CCNC(=NCC(=O)Nc1cccc(CC)c1)NC1CC1.I. The van der Waals surface area contributed by atoms with Crippen LogP contribution in [0.5, 0.6) is 0 Å². The summed E-state index contributed by atoms with van der Waals surface area (Å²) >= 11 is 0. The zero-order valence-electron chi connectivity index (χ0n) is 13.2. The largest absolute Gasteiger partial charge is 0.357 e. The fourth-order valence-corrected chi connectivity index (χ4v) is 1.96. The summed E-state index contributed by atoms with van der Waals surface area (Å²) in [5.74, 6) is 0.619. The van der Waals surface area contributed by atoms with Gasteiger partial charge in [0.2, 0.25) is 5.91 Å². The Hall–Kier alpha value is -1.31. The first kappa shape index (κ1) is 18.7. The van der Waals surface area contributed by atoms with Crippen LogP contribution in [0.25, 0.3) is 0 Å². The molecule has 0 aliphatic heterocycles. The number of guanidine groups is 1. The van der Waals surface area contributed by atoms with Crippen LogP contribution in [0, 0.1) is 0 Å². The Balaban J connectivity index is 0.00000242. The van der Waals surface area contributed by atoms with E-state index in [0.717, 1.165) is 24.6 Å². The van der Waals surface area contributed by atoms with Crippen molar-refractivity contribution >= 4 is 41.5 Å². The maximum Gasteiger partial charge on any atom is 0.246 e. The average molecular weight is 416 g/mol. The molecule has 1 aliphatic carbocycles. The minimum Gasteiger partial charge on any atom is -0.357 e. The smallest absolute Gasteiger partial charge is 0.246 e. The number of benzene rings is 1. The Morgan fingerprint density at radius 1 is 1.32 bits per heavy atom. The summed E-state index contributed by atoms with van der Waals surface area (Å²) in [6, 6.07) is 8.42. The monoisotopic (exact) mass is 416 g/mol. The van der Waals surface area contributed by atoms with E-state index in [4.69, 9.17) is 0 Å². The summed E-state index contributed by atoms with van der Waals surface area (Å²) in [7, 11) is 0. The lowest BCUT2D eigenvalue weighted by Gasteiger charge is -2.10. The molecule has 3 N–H and O–H groups in total. The van der Waals surface area contributed by atoms with Crippen LogP contribution in [0.3, 0.4) is 0 Å². The molecule has 5 nitrogen and oxygen atoms in total. The van der Waals surface area contributed by atoms with Crippen LogP contribution in [0.2, 0.25) is 0 Å². The van der Waals surface area contributed by atoms with Gasteiger partial charge in [0.1, 0.15) is 6.54 Å². The highest BCUT2D eigenvalue weighted by molar-refractivity contribution is 14.0. The van der Waals surface area contributed by atoms with Crippen molar-refractivity contribution in [2.75, 3.05) is 18.4 Å². The molecule has 1 fully saturated rings. The van der Waals surface area contributed by atoms with Gasteiger partial charge in [-0.05, 0) is 43.9 Å². The molecule has 22 heavy (non-hydrogen) atoms. The van der Waals surface area contributed by atoms with Crippen molar-refractivity contribution < 1.29 is 4.79 Å². The lowest BCUT2D eigenvalue weighted by atomic mass is 10.1. The molecular formula is C16H25IN4O. The zero-order chi connectivity index (χ0) is 15.1. The topological polar surface area (TPSA) is 65.5 Å². The molecule has 0 radical (unpaired) electrons. The fourth-order valence-electron chi connectivity index (χ4n) is 1.96. The molecule has 0 bridgehead atoms. The molecule has 2 rings (SSSR count). The van der Waals surface area contributed by atoms with E-state index < -0.39 is 0 Å². The van der Waals surface area contributed by atoms with Gasteiger partial charge in [-0.2, -0.15) is 0 Å². The molecule has 0 atom stereocenters. The minimum atomic E-state index is -0.101. The van der Waals surface area contributed by atoms with Gasteiger partial charge in [0.05, 0.1) is 0 Å². The van der Waals surface area contributed by atoms with Crippen molar-refractivity contribution in [1.82, 2.24) is 10.6 Å². The molecule has 0 heterocycles. The first-order valence-corrected chi connectivity index (χ1v) is 7.65. The van der Waals surface area contributed by atoms with Crippen LogP contribution in [0.4, 0.5) is 5.69 Å². The van der Waals surface area contributed by atoms with Crippen molar-refractivity contribution in [2.45, 2.75) is 39.2 Å². The number of carbonyl (C=O) groups excluding carboxylic acids is 1. The highest BCUT2D eigenvalue weighted by Gasteiger charge is 2.22. The maximum absolute atomic E-state index is 11.9. The summed E-state index contributed by atoms with van der Waals surface area (Å²) in [6.45, 7) is 5.02. The average Bonchev–Trinajstić information content (AvgIpc) is 3.29. The van der Waals surface area contributed by atoms with Crippen LogP contribution in [-0.2, 0) is 11.2 Å². The number of hydrogen-bond acceptors (Lipinski definition) is 2. The van der Waals surface area contributed by atoms with Gasteiger partial charge in [-0.3, -0.25) is 4.79 Å². The van der Waals surface area contributed by atoms with Gasteiger partial charge in [-0.1, -0.05) is 19.1 Å². The third kappa shape index (κ3) is 6.64. The molecule has 1 saturated carbocycles. The van der Waals surface area contributed by atoms with E-state index in [-0.39, 0.29) is 36.4 Å². The van der Waals surface area contributed by atoms with Crippen LogP contribution in [-0.4, -0.2) is 31.0 Å². The van der Waals surface area contributed by atoms with Gasteiger partial charge in [0.15, 0.2) is 5.96 Å². The molecular weight excluding hydrogens is 391 g/mol. The number of anilines is 1. The summed E-state index contributed by atoms with van der Waals surface area (Å²) in [4.78, 5) is 16.3. The number of carbonyl (C=O) groups is 1. The molecule has 6 heteroatoms. The molecule has 0 saturated heterocycles. The van der Waals surface area contributed by atoms with Crippen molar-refractivity contribution in [3.8, 4) is 0 Å². The number of halogens is 1. The number of nitrogens with one attached hydrogen (secondary N) is 3. The Morgan fingerprint density at radius 2 is 2.09 bits per heavy atom. The number of aryl methyl sites for hydroxylation is 1. The molecule has 122 valence electrons. The van der Waals surface area contributed by atoms with E-state index in [2.05, 4.69) is 33.9 Å². The second kappa shape index (κ2) is 9.66. The van der Waals surface area contributed by atoms with E-state index in [9.17, 15) is 4.79 Å². The van der Waals surface area contributed by atoms with Gasteiger partial charge < -0.3 is 16.0 Å². The van der Waals surface area contributed by atoms with Crippen molar-refractivity contribution in [3.63, 3.8) is 0 Å². The van der Waals surface area contributed by atoms with Crippen molar-refractivity contribution in [3.05, 3.63) is 29.8 Å². The van der Waals surface area contributed by atoms with E-state index in [0.29, 0.717) is 6.04 Å². The normalized spacial score (nSPS) is 14.0. The second-order valence-corrected chi connectivity index (χ2v) is 5.22. The van der Waals surface area contributed by atoms with Crippen molar-refractivity contribution in [1.29, 1.82) is 0 Å². The van der Waals surface area contributed by atoms with Gasteiger partial charge in [0.25, 0.3) is 0 Å². The molecule has 0 aromatic heterocycles. The zero-order valence-corrected chi connectivity index (χ0v) is 15.5. The van der Waals surface area contributed by atoms with E-state index in [1.807, 2.05) is 25.1 Å². The summed E-state index contributed by atoms with van der Waals surface area (Å²) in [5.41, 5.74) is 2.04. The molecule has 1 aromatic carbocycles. The van der Waals surface area contributed by atoms with Gasteiger partial charge in [0, 0.05) is 18.3 Å². The number of nitrogens with zero attached hydrogens (tertiary/aromatic N) is 1. The van der Waals surface area contributed by atoms with Crippen LogP contribution in [0.1, 0.15) is 32.3 Å². The van der Waals surface area contributed by atoms with Crippen molar-refractivity contribution in [2.24, 2.45) is 4.99 Å². The first-order chi connectivity index (χ1) is 10.2. The second-order valence-electron chi connectivity index (χ2n) is 5.22. The standard InChI is InChI=1S/C16H24N4O.HI/c1-3-12-6-5-7-14(10-12)19-15(21)11-18-16(17-4-2)20-13-8-9-13;/h5-7,10,13H,3-4,8-9,11H2,1-2H3,(H,19,21)(H2,17,18,20);1H. The highest BCUT2D eigenvalue weighted by atomic mass is 127. The fraction of sp³-hybridized carbons (Fsp3) is 0.500. The number of hydrogen-bond donors (Lipinski definition) is 3. The summed E-state index contributed by atoms with van der Waals surface area (Å²) in [5, 5.41) is 9.32. The van der Waals surface area contributed by atoms with Gasteiger partial charge in [-0.15, -0.1) is 24.0 Å². The Morgan fingerprint density at radius 3 is 2.73 bits per heavy atom. The van der Waals surface area contributed by atoms with Gasteiger partial charge >= 0.3 is 0 Å². The Kier molecular flexibility index (Phi) is 8.22. The number of amides is 1. The van der Waals surface area contributed by atoms with E-state index in [1.165, 1.54) is 18.4 Å². The van der Waals surface area contributed by atoms with Crippen LogP contribution >= 0.6 is 24.0 Å². The summed E-state index contributed by atoms with van der Waals surface area (Å²) < 4.78 is 0. The number of rotatable bonds is 6. The number of aliphatic imine (C=N–C) groups is 1. The first-order valence-electron chi connectivity index (χ1n) is 7.65. The molecule has 1 aliphatic rings. The molecule has 1 amide bonds. The quantitative estimate of drug-likeness (QED) is 0.380. The molecule has 1 aromatic rings. The summed E-state index contributed by atoms with van der Waals surface area (Å²) in [6.07, 6.45) is 3.32. The highest BCUT2D eigenvalue weighted by Crippen LogP contribution is 2.18. The van der Waals surface area contributed by atoms with Gasteiger partial charge in [-0.25, -0.2) is 4.99 Å². The predicted octanol–water partition coefficient (Wildman–Crippen LogP) is 2.52. The Labute approximate surface area is 149 Å². The Bertz CT molecular complexity index is 515. The lowest BCUT2D eigenvalue weighted by Crippen LogP contribution is -2.39. The van der Waals surface area contributed by atoms with Crippen LogP contribution < -0.4 is 16.0 Å². The van der Waals surface area contributed by atoms with E-state index >= 15 is 0 Å². The third-order valence-corrected chi connectivity index (χ3v) is 3.26. The maximum atomic E-state index is 11.9. The van der Waals surface area contributed by atoms with Crippen LogP contribution in [0.15, 0.2) is 29.3 Å². The molecule has 0 unspecified atom stereocenters. The lowest BCUT2D eigenvalue weighted by molar-refractivity contribution is -0.114.